The minimum atomic E-state index is -1.00. The average Bonchev–Trinajstić information content (AvgIpc) is 2.18. The maximum absolute atomic E-state index is 10.2. The summed E-state index contributed by atoms with van der Waals surface area (Å²) in [6.45, 7) is 4.28. The van der Waals surface area contributed by atoms with Crippen molar-refractivity contribution in [2.45, 2.75) is 26.2 Å². The van der Waals surface area contributed by atoms with Crippen molar-refractivity contribution >= 4 is 34.3 Å². The molecule has 0 atom stereocenters. The molecule has 0 aromatic heterocycles. The maximum atomic E-state index is 10.2. The van der Waals surface area contributed by atoms with E-state index in [1.54, 1.807) is 0 Å². The van der Waals surface area contributed by atoms with Gasteiger partial charge in [0.1, 0.15) is 4.32 Å². The Hall–Kier alpha value is -0.290. The molecule has 0 radical (unpaired) electrons. The van der Waals surface area contributed by atoms with Crippen LogP contribution in [0.4, 0.5) is 0 Å². The van der Waals surface area contributed by atoms with E-state index in [-0.39, 0.29) is 6.42 Å². The number of likely N-dealkylation sites (tertiary alicyclic amines) is 1. The van der Waals surface area contributed by atoms with Gasteiger partial charge in [-0.05, 0) is 25.2 Å². The number of carbonyl (C=O) groups is 1. The van der Waals surface area contributed by atoms with E-state index in [1.807, 2.05) is 0 Å². The molecule has 0 spiro atoms. The first-order chi connectivity index (χ1) is 7.09. The summed E-state index contributed by atoms with van der Waals surface area (Å²) in [5.74, 6) is 0.308. The van der Waals surface area contributed by atoms with Crippen LogP contribution in [0, 0.1) is 5.92 Å². The highest BCUT2D eigenvalue weighted by atomic mass is 32.2. The lowest BCUT2D eigenvalue weighted by Gasteiger charge is -2.31. The molecule has 1 fully saturated rings. The molecule has 1 aliphatic rings. The zero-order valence-electron chi connectivity index (χ0n) is 8.90. The zero-order valence-corrected chi connectivity index (χ0v) is 10.5. The molecule has 86 valence electrons. The van der Waals surface area contributed by atoms with Gasteiger partial charge in [-0.2, -0.15) is 0 Å². The Morgan fingerprint density at radius 1 is 1.53 bits per heavy atom. The van der Waals surface area contributed by atoms with Gasteiger partial charge in [0, 0.05) is 24.8 Å². The molecule has 15 heavy (non-hydrogen) atoms. The fraction of sp³-hybridized carbons (Fsp3) is 0.800. The summed E-state index contributed by atoms with van der Waals surface area (Å²) in [6, 6.07) is 0. The van der Waals surface area contributed by atoms with E-state index in [0.29, 0.717) is 5.75 Å². The Morgan fingerprint density at radius 3 is 2.67 bits per heavy atom. The second-order valence-electron chi connectivity index (χ2n) is 3.91. The van der Waals surface area contributed by atoms with Crippen LogP contribution in [0.15, 0.2) is 0 Å². The van der Waals surface area contributed by atoms with Crippen LogP contribution in [0.5, 0.6) is 0 Å². The van der Waals surface area contributed by atoms with Crippen molar-refractivity contribution in [3.63, 3.8) is 0 Å². The highest BCUT2D eigenvalue weighted by Crippen LogP contribution is 2.20. The molecule has 1 heterocycles. The topological polar surface area (TPSA) is 43.4 Å². The van der Waals surface area contributed by atoms with Gasteiger partial charge in [-0.3, -0.25) is 0 Å². The van der Waals surface area contributed by atoms with Crippen molar-refractivity contribution in [1.29, 1.82) is 0 Å². The number of piperidine rings is 1. The van der Waals surface area contributed by atoms with Gasteiger partial charge in [-0.1, -0.05) is 30.9 Å². The van der Waals surface area contributed by atoms with Crippen LogP contribution in [0.2, 0.25) is 0 Å². The standard InChI is InChI=1S/C10H17NO2S2/c1-8-2-5-11(6-3-8)10(14)15-7-4-9(12)13/h8H,2-7H2,1H3,(H,12,13)/p-1. The van der Waals surface area contributed by atoms with E-state index < -0.39 is 5.97 Å². The summed E-state index contributed by atoms with van der Waals surface area (Å²) in [4.78, 5) is 12.4. The van der Waals surface area contributed by atoms with E-state index in [0.717, 1.165) is 23.3 Å². The lowest BCUT2D eigenvalue weighted by molar-refractivity contribution is -0.305. The monoisotopic (exact) mass is 246 g/mol. The van der Waals surface area contributed by atoms with E-state index >= 15 is 0 Å². The highest BCUT2D eigenvalue weighted by Gasteiger charge is 2.17. The van der Waals surface area contributed by atoms with Crippen molar-refractivity contribution in [3.8, 4) is 0 Å². The molecular weight excluding hydrogens is 230 g/mol. The predicted molar refractivity (Wildman–Crippen MR) is 64.7 cm³/mol. The van der Waals surface area contributed by atoms with Gasteiger partial charge >= 0.3 is 0 Å². The molecule has 5 heteroatoms. The Balaban J connectivity index is 2.19. The zero-order chi connectivity index (χ0) is 11.3. The Bertz CT molecular complexity index is 238. The van der Waals surface area contributed by atoms with Crippen molar-refractivity contribution < 1.29 is 9.90 Å². The number of hydrogen-bond acceptors (Lipinski definition) is 4. The first-order valence-corrected chi connectivity index (χ1v) is 6.60. The minimum Gasteiger partial charge on any atom is -0.550 e. The molecule has 0 bridgehead atoms. The van der Waals surface area contributed by atoms with E-state index in [9.17, 15) is 9.90 Å². The highest BCUT2D eigenvalue weighted by molar-refractivity contribution is 8.22. The first kappa shape index (κ1) is 12.8. The van der Waals surface area contributed by atoms with Gasteiger partial charge in [-0.15, -0.1) is 0 Å². The second-order valence-corrected chi connectivity index (χ2v) is 5.63. The second kappa shape index (κ2) is 6.33. The molecule has 1 aliphatic heterocycles. The molecule has 1 saturated heterocycles. The van der Waals surface area contributed by atoms with Crippen molar-refractivity contribution in [2.75, 3.05) is 18.8 Å². The maximum Gasteiger partial charge on any atom is 0.136 e. The fourth-order valence-electron chi connectivity index (χ4n) is 1.50. The van der Waals surface area contributed by atoms with Gasteiger partial charge in [0.15, 0.2) is 0 Å². The lowest BCUT2D eigenvalue weighted by Crippen LogP contribution is -2.35. The van der Waals surface area contributed by atoms with Crippen LogP contribution < -0.4 is 5.11 Å². The Kier molecular flexibility index (Phi) is 5.39. The summed E-state index contributed by atoms with van der Waals surface area (Å²) in [5, 5.41) is 10.2. The van der Waals surface area contributed by atoms with E-state index in [4.69, 9.17) is 12.2 Å². The largest absolute Gasteiger partial charge is 0.550 e. The number of carboxylic acid groups (broad SMARTS) is 1. The number of rotatable bonds is 3. The van der Waals surface area contributed by atoms with Gasteiger partial charge in [-0.25, -0.2) is 0 Å². The molecular formula is C10H16NO2S2-. The van der Waals surface area contributed by atoms with Crippen LogP contribution in [0.3, 0.4) is 0 Å². The summed E-state index contributed by atoms with van der Waals surface area (Å²) < 4.78 is 0.836. The smallest absolute Gasteiger partial charge is 0.136 e. The van der Waals surface area contributed by atoms with Crippen LogP contribution in [0.1, 0.15) is 26.2 Å². The molecule has 0 unspecified atom stereocenters. The van der Waals surface area contributed by atoms with Crippen LogP contribution in [-0.4, -0.2) is 34.0 Å². The third-order valence-electron chi connectivity index (χ3n) is 2.57. The molecule has 3 nitrogen and oxygen atoms in total. The lowest BCUT2D eigenvalue weighted by atomic mass is 10.00. The molecule has 0 N–H and O–H groups in total. The summed E-state index contributed by atoms with van der Waals surface area (Å²) in [6.07, 6.45) is 2.44. The quantitative estimate of drug-likeness (QED) is 0.692. The Morgan fingerprint density at radius 2 is 2.13 bits per heavy atom. The number of nitrogens with zero attached hydrogens (tertiary/aromatic N) is 1. The van der Waals surface area contributed by atoms with E-state index in [2.05, 4.69) is 11.8 Å². The molecule has 0 amide bonds. The molecule has 0 aromatic carbocycles. The number of carbonyl (C=O) groups excluding carboxylic acids is 1. The van der Waals surface area contributed by atoms with Gasteiger partial charge in [0.25, 0.3) is 0 Å². The van der Waals surface area contributed by atoms with Gasteiger partial charge < -0.3 is 14.8 Å². The summed E-state index contributed by atoms with van der Waals surface area (Å²) in [7, 11) is 0. The summed E-state index contributed by atoms with van der Waals surface area (Å²) >= 11 is 6.69. The van der Waals surface area contributed by atoms with Crippen LogP contribution in [-0.2, 0) is 4.79 Å². The molecule has 0 aromatic rings. The van der Waals surface area contributed by atoms with Crippen LogP contribution >= 0.6 is 24.0 Å². The number of aliphatic carboxylic acids is 1. The molecule has 0 aliphatic carbocycles. The number of hydrogen-bond donors (Lipinski definition) is 0. The van der Waals surface area contributed by atoms with E-state index in [1.165, 1.54) is 24.6 Å². The summed E-state index contributed by atoms with van der Waals surface area (Å²) in [5.41, 5.74) is 0. The number of carboxylic acids is 1. The third-order valence-corrected chi connectivity index (χ3v) is 4.10. The van der Waals surface area contributed by atoms with Crippen molar-refractivity contribution in [3.05, 3.63) is 0 Å². The van der Waals surface area contributed by atoms with Crippen molar-refractivity contribution in [1.82, 2.24) is 4.90 Å². The number of thioether (sulfide) groups is 1. The average molecular weight is 246 g/mol. The molecule has 0 saturated carbocycles. The Labute approximate surface area is 100 Å². The molecule has 1 rings (SSSR count). The first-order valence-electron chi connectivity index (χ1n) is 5.21. The van der Waals surface area contributed by atoms with Gasteiger partial charge in [0.2, 0.25) is 0 Å². The SMILES string of the molecule is CC1CCN(C(=S)SCCC(=O)[O-])CC1. The van der Waals surface area contributed by atoms with Crippen molar-refractivity contribution in [2.24, 2.45) is 5.92 Å². The van der Waals surface area contributed by atoms with Crippen LogP contribution in [0.25, 0.3) is 0 Å². The fourth-order valence-corrected chi connectivity index (χ4v) is 2.75. The predicted octanol–water partition coefficient (Wildman–Crippen LogP) is 0.876. The van der Waals surface area contributed by atoms with Gasteiger partial charge in [0.05, 0.1) is 0 Å². The third kappa shape index (κ3) is 4.84. The number of thiocarbonyl (C=S) groups is 1. The minimum absolute atomic E-state index is 0.0784. The normalized spacial score (nSPS) is 17.8.